The highest BCUT2D eigenvalue weighted by molar-refractivity contribution is 5.84. The Bertz CT molecular complexity index is 1310. The monoisotopic (exact) mass is 402 g/mol. The molecule has 0 saturated heterocycles. The Hall–Kier alpha value is -3.76. The van der Waals surface area contributed by atoms with Crippen molar-refractivity contribution in [2.24, 2.45) is 0 Å². The van der Waals surface area contributed by atoms with Gasteiger partial charge < -0.3 is 19.7 Å². The number of pyridine rings is 1. The number of fused-ring (bicyclic) bond motifs is 3. The first-order chi connectivity index (χ1) is 14.5. The van der Waals surface area contributed by atoms with Gasteiger partial charge in [0.25, 0.3) is 5.56 Å². The van der Waals surface area contributed by atoms with E-state index in [0.29, 0.717) is 28.8 Å². The highest BCUT2D eigenvalue weighted by atomic mass is 16.5. The molecule has 0 bridgehead atoms. The van der Waals surface area contributed by atoms with Gasteiger partial charge in [0.1, 0.15) is 17.5 Å². The number of aliphatic hydroxyl groups is 1. The second kappa shape index (κ2) is 7.93. The van der Waals surface area contributed by atoms with Gasteiger partial charge in [-0.2, -0.15) is 5.26 Å². The maximum atomic E-state index is 12.7. The smallest absolute Gasteiger partial charge is 0.257 e. The number of anilines is 1. The average molecular weight is 402 g/mol. The van der Waals surface area contributed by atoms with Crippen molar-refractivity contribution >= 4 is 22.4 Å². The van der Waals surface area contributed by atoms with Crippen molar-refractivity contribution in [3.8, 4) is 11.8 Å². The number of benzene rings is 2. The van der Waals surface area contributed by atoms with Gasteiger partial charge in [0, 0.05) is 18.3 Å². The lowest BCUT2D eigenvalue weighted by atomic mass is 10.1. The number of nitriles is 1. The molecule has 0 amide bonds. The molecule has 2 aromatic carbocycles. The molecule has 2 N–H and O–H groups in total. The molecule has 0 aliphatic carbocycles. The first kappa shape index (κ1) is 19.6. The van der Waals surface area contributed by atoms with Crippen LogP contribution in [0.1, 0.15) is 11.1 Å². The Morgan fingerprint density at radius 2 is 1.87 bits per heavy atom. The van der Waals surface area contributed by atoms with Gasteiger partial charge in [-0.15, -0.1) is 0 Å². The van der Waals surface area contributed by atoms with Crippen molar-refractivity contribution in [1.29, 1.82) is 5.26 Å². The van der Waals surface area contributed by atoms with E-state index in [2.05, 4.69) is 11.4 Å². The summed E-state index contributed by atoms with van der Waals surface area (Å²) in [5, 5.41) is 23.7. The number of imidazole rings is 1. The van der Waals surface area contributed by atoms with E-state index in [1.54, 1.807) is 18.4 Å². The molecule has 0 aliphatic heterocycles. The number of nitrogens with one attached hydrogen (secondary N) is 1. The number of para-hydroxylation sites is 2. The van der Waals surface area contributed by atoms with Crippen LogP contribution in [0.3, 0.4) is 0 Å². The van der Waals surface area contributed by atoms with E-state index in [9.17, 15) is 15.2 Å². The normalized spacial score (nSPS) is 12.1. The van der Waals surface area contributed by atoms with Crippen LogP contribution < -0.4 is 15.6 Å². The van der Waals surface area contributed by atoms with E-state index in [1.807, 2.05) is 53.1 Å². The minimum Gasteiger partial charge on any atom is -0.497 e. The number of nitrogens with zero attached hydrogens (tertiary/aromatic N) is 3. The topological polar surface area (TPSA) is 91.7 Å². The maximum absolute atomic E-state index is 12.7. The lowest BCUT2D eigenvalue weighted by Crippen LogP contribution is -2.25. The lowest BCUT2D eigenvalue weighted by Gasteiger charge is -2.16. The Kier molecular flexibility index (Phi) is 5.17. The first-order valence-electron chi connectivity index (χ1n) is 9.63. The zero-order valence-electron chi connectivity index (χ0n) is 16.8. The average Bonchev–Trinajstić information content (AvgIpc) is 3.07. The fourth-order valence-corrected chi connectivity index (χ4v) is 3.74. The molecule has 7 nitrogen and oxygen atoms in total. The summed E-state index contributed by atoms with van der Waals surface area (Å²) in [6, 6.07) is 18.6. The molecule has 0 radical (unpaired) electrons. The zero-order chi connectivity index (χ0) is 21.3. The van der Waals surface area contributed by atoms with Crippen LogP contribution in [0.4, 0.5) is 5.69 Å². The summed E-state index contributed by atoms with van der Waals surface area (Å²) in [4.78, 5) is 12.7. The second-order valence-electron chi connectivity index (χ2n) is 7.17. The van der Waals surface area contributed by atoms with Crippen LogP contribution in [0.15, 0.2) is 59.4 Å². The fourth-order valence-electron chi connectivity index (χ4n) is 3.74. The molecule has 0 aliphatic rings. The van der Waals surface area contributed by atoms with Gasteiger partial charge in [-0.05, 0) is 48.9 Å². The fraction of sp³-hybridized carbons (Fsp3) is 0.217. The van der Waals surface area contributed by atoms with Crippen LogP contribution >= 0.6 is 0 Å². The van der Waals surface area contributed by atoms with E-state index in [-0.39, 0.29) is 12.1 Å². The van der Waals surface area contributed by atoms with Gasteiger partial charge in [-0.3, -0.25) is 9.20 Å². The third-order valence-electron chi connectivity index (χ3n) is 5.20. The number of hydrogen-bond acceptors (Lipinski definition) is 5. The highest BCUT2D eigenvalue weighted by Gasteiger charge is 2.19. The summed E-state index contributed by atoms with van der Waals surface area (Å²) in [5.41, 5.74) is 3.74. The standard InChI is InChI=1S/C23H22N4O3/c1-15-11-22(29)27-21-6-4-3-5-20(21)26(23(27)19(15)12-24)14-17(28)13-25-16-7-9-18(30-2)10-8-16/h3-11,17,25,28H,13-14H2,1-2H3. The molecule has 2 aromatic heterocycles. The van der Waals surface area contributed by atoms with Crippen LogP contribution in [-0.4, -0.2) is 33.8 Å². The Labute approximate surface area is 173 Å². The highest BCUT2D eigenvalue weighted by Crippen LogP contribution is 2.24. The molecular formula is C23H22N4O3. The number of hydrogen-bond donors (Lipinski definition) is 2. The minimum atomic E-state index is -0.742. The van der Waals surface area contributed by atoms with Gasteiger partial charge in [0.15, 0.2) is 0 Å². The lowest BCUT2D eigenvalue weighted by molar-refractivity contribution is 0.169. The number of aryl methyl sites for hydroxylation is 1. The molecule has 1 unspecified atom stereocenters. The number of ether oxygens (including phenoxy) is 1. The summed E-state index contributed by atoms with van der Waals surface area (Å²) in [6.07, 6.45) is -0.742. The number of aliphatic hydroxyl groups excluding tert-OH is 1. The minimum absolute atomic E-state index is 0.192. The van der Waals surface area contributed by atoms with E-state index in [0.717, 1.165) is 17.0 Å². The number of rotatable bonds is 6. The summed E-state index contributed by atoms with van der Waals surface area (Å²) in [7, 11) is 1.61. The predicted octanol–water partition coefficient (Wildman–Crippen LogP) is 2.92. The van der Waals surface area contributed by atoms with Crippen LogP contribution in [0.5, 0.6) is 5.75 Å². The maximum Gasteiger partial charge on any atom is 0.257 e. The van der Waals surface area contributed by atoms with Crippen LogP contribution in [0.25, 0.3) is 16.7 Å². The number of methoxy groups -OCH3 is 1. The summed E-state index contributed by atoms with van der Waals surface area (Å²) >= 11 is 0. The third kappa shape index (κ3) is 3.38. The summed E-state index contributed by atoms with van der Waals surface area (Å²) in [5.74, 6) is 0.760. The quantitative estimate of drug-likeness (QED) is 0.517. The summed E-state index contributed by atoms with van der Waals surface area (Å²) < 4.78 is 8.55. The van der Waals surface area contributed by atoms with Gasteiger partial charge in [0.2, 0.25) is 0 Å². The van der Waals surface area contributed by atoms with Gasteiger partial charge >= 0.3 is 0 Å². The van der Waals surface area contributed by atoms with Crippen molar-refractivity contribution < 1.29 is 9.84 Å². The predicted molar refractivity (Wildman–Crippen MR) is 116 cm³/mol. The van der Waals surface area contributed by atoms with Crippen LogP contribution in [0, 0.1) is 18.3 Å². The van der Waals surface area contributed by atoms with Gasteiger partial charge in [-0.1, -0.05) is 12.1 Å². The van der Waals surface area contributed by atoms with Crippen molar-refractivity contribution in [1.82, 2.24) is 8.97 Å². The molecule has 0 spiro atoms. The van der Waals surface area contributed by atoms with E-state index in [1.165, 1.54) is 6.07 Å². The van der Waals surface area contributed by atoms with E-state index in [4.69, 9.17) is 4.74 Å². The summed E-state index contributed by atoms with van der Waals surface area (Å²) in [6.45, 7) is 2.30. The Morgan fingerprint density at radius 3 is 2.53 bits per heavy atom. The zero-order valence-corrected chi connectivity index (χ0v) is 16.8. The molecule has 4 rings (SSSR count). The first-order valence-corrected chi connectivity index (χ1v) is 9.63. The van der Waals surface area contributed by atoms with Gasteiger partial charge in [0.05, 0.1) is 36.4 Å². The molecule has 1 atom stereocenters. The molecular weight excluding hydrogens is 380 g/mol. The third-order valence-corrected chi connectivity index (χ3v) is 5.20. The van der Waals surface area contributed by atoms with Gasteiger partial charge in [-0.25, -0.2) is 0 Å². The molecule has 0 saturated carbocycles. The second-order valence-corrected chi connectivity index (χ2v) is 7.17. The van der Waals surface area contributed by atoms with Crippen molar-refractivity contribution in [2.75, 3.05) is 19.0 Å². The van der Waals surface area contributed by atoms with Crippen molar-refractivity contribution in [3.05, 3.63) is 76.1 Å². The van der Waals surface area contributed by atoms with Crippen molar-refractivity contribution in [2.45, 2.75) is 19.6 Å². The largest absolute Gasteiger partial charge is 0.497 e. The molecule has 7 heteroatoms. The Balaban J connectivity index is 1.70. The van der Waals surface area contributed by atoms with Crippen LogP contribution in [0.2, 0.25) is 0 Å². The molecule has 152 valence electrons. The van der Waals surface area contributed by atoms with E-state index >= 15 is 0 Å². The van der Waals surface area contributed by atoms with Crippen LogP contribution in [-0.2, 0) is 6.54 Å². The SMILES string of the molecule is COc1ccc(NCC(O)Cn2c3ccccc3n3c(=O)cc(C)c(C#N)c23)cc1. The number of aromatic nitrogens is 2. The Morgan fingerprint density at radius 1 is 1.17 bits per heavy atom. The van der Waals surface area contributed by atoms with E-state index < -0.39 is 6.10 Å². The molecule has 2 heterocycles. The van der Waals surface area contributed by atoms with Crippen molar-refractivity contribution in [3.63, 3.8) is 0 Å². The molecule has 30 heavy (non-hydrogen) atoms. The molecule has 4 aromatic rings. The molecule has 0 fully saturated rings.